The van der Waals surface area contributed by atoms with Crippen molar-refractivity contribution in [2.75, 3.05) is 37.4 Å². The Labute approximate surface area is 128 Å². The Morgan fingerprint density at radius 3 is 2.64 bits per heavy atom. The minimum absolute atomic E-state index is 0.258. The predicted molar refractivity (Wildman–Crippen MR) is 83.2 cm³/mol. The molecule has 0 aliphatic rings. The van der Waals surface area contributed by atoms with E-state index in [1.54, 1.807) is 13.0 Å². The molecule has 22 heavy (non-hydrogen) atoms. The van der Waals surface area contributed by atoms with Crippen molar-refractivity contribution in [2.45, 2.75) is 13.8 Å². The number of amides is 1. The van der Waals surface area contributed by atoms with Gasteiger partial charge in [-0.15, -0.1) is 0 Å². The number of hydrogen-bond acceptors (Lipinski definition) is 7. The van der Waals surface area contributed by atoms with Crippen LogP contribution in [0.4, 0.5) is 11.6 Å². The highest BCUT2D eigenvalue weighted by Crippen LogP contribution is 2.12. The lowest BCUT2D eigenvalue weighted by atomic mass is 10.3. The van der Waals surface area contributed by atoms with Gasteiger partial charge in [0.25, 0.3) is 5.91 Å². The summed E-state index contributed by atoms with van der Waals surface area (Å²) in [6, 6.07) is 3.45. The Bertz CT molecular complexity index is 653. The van der Waals surface area contributed by atoms with Crippen molar-refractivity contribution < 1.29 is 9.32 Å². The van der Waals surface area contributed by atoms with E-state index in [0.717, 1.165) is 11.6 Å². The van der Waals surface area contributed by atoms with Crippen molar-refractivity contribution in [3.05, 3.63) is 29.4 Å². The Balaban J connectivity index is 1.82. The summed E-state index contributed by atoms with van der Waals surface area (Å²) >= 11 is 0. The molecule has 2 N–H and O–H groups in total. The highest BCUT2D eigenvalue weighted by atomic mass is 16.5. The number of anilines is 2. The zero-order valence-electron chi connectivity index (χ0n) is 13.2. The van der Waals surface area contributed by atoms with E-state index in [-0.39, 0.29) is 11.6 Å². The fourth-order valence-corrected chi connectivity index (χ4v) is 1.80. The van der Waals surface area contributed by atoms with Crippen LogP contribution in [0.3, 0.4) is 0 Å². The second-order valence-electron chi connectivity index (χ2n) is 5.06. The fraction of sp³-hybridized carbons (Fsp3) is 0.429. The van der Waals surface area contributed by atoms with Crippen molar-refractivity contribution >= 4 is 17.5 Å². The number of nitrogens with zero attached hydrogens (tertiary/aromatic N) is 4. The van der Waals surface area contributed by atoms with Gasteiger partial charge in [0.05, 0.1) is 0 Å². The SMILES string of the molecule is Cc1nc(NCCNC(=O)c2cc(C)on2)cc(N(C)C)n1. The molecule has 0 unspecified atom stereocenters. The fourth-order valence-electron chi connectivity index (χ4n) is 1.80. The minimum Gasteiger partial charge on any atom is -0.368 e. The van der Waals surface area contributed by atoms with Gasteiger partial charge in [-0.25, -0.2) is 9.97 Å². The van der Waals surface area contributed by atoms with Crippen molar-refractivity contribution in [3.63, 3.8) is 0 Å². The average Bonchev–Trinajstić information content (AvgIpc) is 2.89. The van der Waals surface area contributed by atoms with Gasteiger partial charge in [-0.1, -0.05) is 5.16 Å². The van der Waals surface area contributed by atoms with E-state index < -0.39 is 0 Å². The largest absolute Gasteiger partial charge is 0.368 e. The van der Waals surface area contributed by atoms with Crippen LogP contribution in [0.15, 0.2) is 16.7 Å². The van der Waals surface area contributed by atoms with E-state index in [4.69, 9.17) is 4.52 Å². The van der Waals surface area contributed by atoms with E-state index >= 15 is 0 Å². The van der Waals surface area contributed by atoms with E-state index in [9.17, 15) is 4.79 Å². The van der Waals surface area contributed by atoms with E-state index in [0.29, 0.717) is 24.7 Å². The number of aromatic nitrogens is 3. The Hall–Kier alpha value is -2.64. The molecule has 0 radical (unpaired) electrons. The van der Waals surface area contributed by atoms with Gasteiger partial charge in [0.2, 0.25) is 0 Å². The van der Waals surface area contributed by atoms with Gasteiger partial charge in [-0.05, 0) is 13.8 Å². The molecule has 0 aliphatic heterocycles. The lowest BCUT2D eigenvalue weighted by Crippen LogP contribution is -2.29. The molecule has 0 saturated carbocycles. The molecule has 0 saturated heterocycles. The van der Waals surface area contributed by atoms with Crippen molar-refractivity contribution in [1.29, 1.82) is 0 Å². The second kappa shape index (κ2) is 6.88. The molecule has 0 atom stereocenters. The Kier molecular flexibility index (Phi) is 4.92. The molecule has 1 amide bonds. The molecule has 2 aromatic rings. The lowest BCUT2D eigenvalue weighted by molar-refractivity contribution is 0.0946. The molecule has 2 heterocycles. The van der Waals surface area contributed by atoms with Crippen LogP contribution in [0, 0.1) is 13.8 Å². The minimum atomic E-state index is -0.258. The van der Waals surface area contributed by atoms with Crippen LogP contribution in [0.1, 0.15) is 22.1 Å². The average molecular weight is 304 g/mol. The molecule has 0 aliphatic carbocycles. The van der Waals surface area contributed by atoms with Gasteiger partial charge in [0, 0.05) is 39.3 Å². The van der Waals surface area contributed by atoms with Crippen LogP contribution in [-0.2, 0) is 0 Å². The monoisotopic (exact) mass is 304 g/mol. The van der Waals surface area contributed by atoms with E-state index in [1.165, 1.54) is 0 Å². The number of carbonyl (C=O) groups excluding carboxylic acids is 1. The summed E-state index contributed by atoms with van der Waals surface area (Å²) in [7, 11) is 3.84. The Morgan fingerprint density at radius 1 is 1.23 bits per heavy atom. The maximum absolute atomic E-state index is 11.8. The molecular weight excluding hydrogens is 284 g/mol. The third kappa shape index (κ3) is 4.18. The Morgan fingerprint density at radius 2 is 2.00 bits per heavy atom. The van der Waals surface area contributed by atoms with Crippen LogP contribution in [0.2, 0.25) is 0 Å². The highest BCUT2D eigenvalue weighted by Gasteiger charge is 2.09. The standard InChI is InChI=1S/C14H20N6O2/c1-9-7-11(19-22-9)14(21)16-6-5-15-12-8-13(20(3)4)18-10(2)17-12/h7-8H,5-6H2,1-4H3,(H,16,21)(H,15,17,18). The van der Waals surface area contributed by atoms with Gasteiger partial charge in [0.1, 0.15) is 23.2 Å². The summed E-state index contributed by atoms with van der Waals surface area (Å²) in [6.07, 6.45) is 0. The van der Waals surface area contributed by atoms with E-state index in [2.05, 4.69) is 25.8 Å². The third-order valence-electron chi connectivity index (χ3n) is 2.86. The summed E-state index contributed by atoms with van der Waals surface area (Å²) in [6.45, 7) is 4.58. The number of rotatable bonds is 6. The summed E-state index contributed by atoms with van der Waals surface area (Å²) in [4.78, 5) is 22.3. The third-order valence-corrected chi connectivity index (χ3v) is 2.86. The van der Waals surface area contributed by atoms with Gasteiger partial charge >= 0.3 is 0 Å². The lowest BCUT2D eigenvalue weighted by Gasteiger charge is -2.14. The maximum atomic E-state index is 11.8. The number of nitrogens with one attached hydrogen (secondary N) is 2. The summed E-state index contributed by atoms with van der Waals surface area (Å²) in [5.74, 6) is 2.60. The number of hydrogen-bond donors (Lipinski definition) is 2. The molecule has 0 bridgehead atoms. The number of aryl methyl sites for hydroxylation is 2. The zero-order chi connectivity index (χ0) is 16.1. The topological polar surface area (TPSA) is 96.2 Å². The first kappa shape index (κ1) is 15.7. The zero-order valence-corrected chi connectivity index (χ0v) is 13.2. The van der Waals surface area contributed by atoms with Crippen molar-refractivity contribution in [1.82, 2.24) is 20.4 Å². The molecule has 2 aromatic heterocycles. The first-order valence-corrected chi connectivity index (χ1v) is 6.94. The van der Waals surface area contributed by atoms with Crippen LogP contribution in [-0.4, -0.2) is 48.2 Å². The number of carbonyl (C=O) groups is 1. The summed E-state index contributed by atoms with van der Waals surface area (Å²) < 4.78 is 4.86. The van der Waals surface area contributed by atoms with Crippen LogP contribution >= 0.6 is 0 Å². The molecule has 0 spiro atoms. The first-order chi connectivity index (χ1) is 10.5. The molecule has 118 valence electrons. The predicted octanol–water partition coefficient (Wildman–Crippen LogP) is 0.989. The summed E-state index contributed by atoms with van der Waals surface area (Å²) in [5, 5.41) is 9.57. The summed E-state index contributed by atoms with van der Waals surface area (Å²) in [5.41, 5.74) is 0.283. The van der Waals surface area contributed by atoms with Gasteiger partial charge in [-0.2, -0.15) is 0 Å². The molecular formula is C14H20N6O2. The normalized spacial score (nSPS) is 10.4. The molecule has 8 nitrogen and oxygen atoms in total. The smallest absolute Gasteiger partial charge is 0.273 e. The molecule has 2 rings (SSSR count). The van der Waals surface area contributed by atoms with Gasteiger partial charge in [-0.3, -0.25) is 4.79 Å². The van der Waals surface area contributed by atoms with Gasteiger partial charge < -0.3 is 20.1 Å². The quantitative estimate of drug-likeness (QED) is 0.768. The molecule has 0 aromatic carbocycles. The second-order valence-corrected chi connectivity index (χ2v) is 5.06. The molecule has 8 heteroatoms. The van der Waals surface area contributed by atoms with Crippen LogP contribution in [0.5, 0.6) is 0 Å². The van der Waals surface area contributed by atoms with Crippen LogP contribution in [0.25, 0.3) is 0 Å². The maximum Gasteiger partial charge on any atom is 0.273 e. The van der Waals surface area contributed by atoms with Gasteiger partial charge in [0.15, 0.2) is 5.69 Å². The first-order valence-electron chi connectivity index (χ1n) is 6.94. The van der Waals surface area contributed by atoms with Crippen molar-refractivity contribution in [2.24, 2.45) is 0 Å². The van der Waals surface area contributed by atoms with E-state index in [1.807, 2.05) is 32.0 Å². The highest BCUT2D eigenvalue weighted by molar-refractivity contribution is 5.92. The van der Waals surface area contributed by atoms with Crippen LogP contribution < -0.4 is 15.5 Å². The molecule has 0 fully saturated rings. The van der Waals surface area contributed by atoms with Crippen molar-refractivity contribution in [3.8, 4) is 0 Å².